The van der Waals surface area contributed by atoms with Gasteiger partial charge in [-0.25, -0.2) is 4.98 Å². The van der Waals surface area contributed by atoms with Crippen LogP contribution >= 0.6 is 11.3 Å². The minimum atomic E-state index is 0.735. The molecule has 1 saturated carbocycles. The van der Waals surface area contributed by atoms with Gasteiger partial charge in [0.2, 0.25) is 0 Å². The third kappa shape index (κ3) is 2.03. The summed E-state index contributed by atoms with van der Waals surface area (Å²) in [7, 11) is 1.95. The number of aromatic nitrogens is 1. The molecule has 3 rings (SSSR count). The number of hydrogen-bond donors (Lipinski definition) is 1. The Kier molecular flexibility index (Phi) is 3.08. The van der Waals surface area contributed by atoms with Crippen molar-refractivity contribution in [2.75, 3.05) is 12.4 Å². The van der Waals surface area contributed by atoms with Crippen LogP contribution in [0.4, 0.5) is 5.69 Å². The molecule has 3 heteroatoms. The van der Waals surface area contributed by atoms with Crippen LogP contribution in [-0.2, 0) is 0 Å². The molecular formula is C15H18N2S. The predicted octanol–water partition coefficient (Wildman–Crippen LogP) is 4.43. The number of nitrogens with zero attached hydrogens (tertiary/aromatic N) is 1. The van der Waals surface area contributed by atoms with Crippen LogP contribution in [0.25, 0.3) is 10.4 Å². The fraction of sp³-hybridized carbons (Fsp3) is 0.400. The number of nitrogens with one attached hydrogen (secondary N) is 1. The summed E-state index contributed by atoms with van der Waals surface area (Å²) in [6.45, 7) is 2.12. The fourth-order valence-electron chi connectivity index (χ4n) is 2.30. The van der Waals surface area contributed by atoms with Crippen molar-refractivity contribution in [2.24, 2.45) is 0 Å². The van der Waals surface area contributed by atoms with Crippen molar-refractivity contribution >= 4 is 17.0 Å². The zero-order chi connectivity index (χ0) is 12.5. The maximum atomic E-state index is 4.75. The zero-order valence-corrected chi connectivity index (χ0v) is 11.7. The van der Waals surface area contributed by atoms with Gasteiger partial charge in [0.25, 0.3) is 0 Å². The molecule has 0 atom stereocenters. The van der Waals surface area contributed by atoms with Crippen LogP contribution in [0.15, 0.2) is 24.3 Å². The minimum absolute atomic E-state index is 0.735. The third-order valence-corrected chi connectivity index (χ3v) is 5.07. The van der Waals surface area contributed by atoms with Gasteiger partial charge in [0, 0.05) is 18.7 Å². The largest absolute Gasteiger partial charge is 0.388 e. The SMILES string of the molecule is CNc1ccc(-c2sc(C3CCC3)nc2C)cc1. The Labute approximate surface area is 112 Å². The highest BCUT2D eigenvalue weighted by Crippen LogP contribution is 2.41. The van der Waals surface area contributed by atoms with E-state index in [0.717, 1.165) is 11.6 Å². The zero-order valence-electron chi connectivity index (χ0n) is 10.9. The molecule has 1 aliphatic carbocycles. The summed E-state index contributed by atoms with van der Waals surface area (Å²) >= 11 is 1.88. The molecule has 18 heavy (non-hydrogen) atoms. The summed E-state index contributed by atoms with van der Waals surface area (Å²) in [6, 6.07) is 8.60. The van der Waals surface area contributed by atoms with Crippen LogP contribution < -0.4 is 5.32 Å². The summed E-state index contributed by atoms with van der Waals surface area (Å²) in [5.41, 5.74) is 3.62. The minimum Gasteiger partial charge on any atom is -0.388 e. The summed E-state index contributed by atoms with van der Waals surface area (Å²) < 4.78 is 0. The van der Waals surface area contributed by atoms with Crippen molar-refractivity contribution < 1.29 is 0 Å². The first-order valence-corrected chi connectivity index (χ1v) is 7.35. The number of thiazole rings is 1. The Morgan fingerprint density at radius 1 is 1.22 bits per heavy atom. The molecule has 1 aliphatic rings. The quantitative estimate of drug-likeness (QED) is 0.881. The van der Waals surface area contributed by atoms with Gasteiger partial charge in [-0.3, -0.25) is 0 Å². The lowest BCUT2D eigenvalue weighted by atomic mass is 9.86. The highest BCUT2D eigenvalue weighted by Gasteiger charge is 2.24. The van der Waals surface area contributed by atoms with Crippen LogP contribution in [-0.4, -0.2) is 12.0 Å². The van der Waals surface area contributed by atoms with Gasteiger partial charge >= 0.3 is 0 Å². The smallest absolute Gasteiger partial charge is 0.0965 e. The molecule has 1 fully saturated rings. The second-order valence-electron chi connectivity index (χ2n) is 4.92. The van der Waals surface area contributed by atoms with Crippen LogP contribution in [0, 0.1) is 6.92 Å². The summed E-state index contributed by atoms with van der Waals surface area (Å²) in [4.78, 5) is 6.09. The molecule has 0 unspecified atom stereocenters. The molecule has 0 aliphatic heterocycles. The lowest BCUT2D eigenvalue weighted by Gasteiger charge is -2.22. The Bertz CT molecular complexity index is 538. The van der Waals surface area contributed by atoms with Crippen molar-refractivity contribution in [1.29, 1.82) is 0 Å². The third-order valence-electron chi connectivity index (χ3n) is 3.70. The average Bonchev–Trinajstić information content (AvgIpc) is 2.69. The van der Waals surface area contributed by atoms with E-state index in [-0.39, 0.29) is 0 Å². The van der Waals surface area contributed by atoms with E-state index in [1.165, 1.54) is 40.4 Å². The van der Waals surface area contributed by atoms with Crippen molar-refractivity contribution in [2.45, 2.75) is 32.1 Å². The van der Waals surface area contributed by atoms with Crippen molar-refractivity contribution in [3.05, 3.63) is 35.0 Å². The standard InChI is InChI=1S/C15H18N2S/c1-10-14(11-6-8-13(16-2)9-7-11)18-15(17-10)12-4-3-5-12/h6-9,12,16H,3-5H2,1-2H3. The second kappa shape index (κ2) is 4.73. The van der Waals surface area contributed by atoms with Gasteiger partial charge in [0.15, 0.2) is 0 Å². The van der Waals surface area contributed by atoms with Gasteiger partial charge < -0.3 is 5.32 Å². The van der Waals surface area contributed by atoms with Crippen LogP contribution in [0.1, 0.15) is 35.9 Å². The van der Waals surface area contributed by atoms with E-state index in [9.17, 15) is 0 Å². The molecule has 2 nitrogen and oxygen atoms in total. The van der Waals surface area contributed by atoms with Gasteiger partial charge in [0.05, 0.1) is 15.6 Å². The predicted molar refractivity (Wildman–Crippen MR) is 78.4 cm³/mol. The Morgan fingerprint density at radius 2 is 1.94 bits per heavy atom. The number of benzene rings is 1. The Balaban J connectivity index is 1.92. The Morgan fingerprint density at radius 3 is 2.50 bits per heavy atom. The van der Waals surface area contributed by atoms with E-state index in [1.807, 2.05) is 18.4 Å². The van der Waals surface area contributed by atoms with Gasteiger partial charge in [0.1, 0.15) is 0 Å². The summed E-state index contributed by atoms with van der Waals surface area (Å²) in [5.74, 6) is 0.735. The maximum absolute atomic E-state index is 4.75. The van der Waals surface area contributed by atoms with Crippen LogP contribution in [0.2, 0.25) is 0 Å². The fourth-order valence-corrected chi connectivity index (χ4v) is 3.54. The molecule has 1 aromatic carbocycles. The molecular weight excluding hydrogens is 240 g/mol. The van der Waals surface area contributed by atoms with Crippen LogP contribution in [0.5, 0.6) is 0 Å². The number of rotatable bonds is 3. The molecule has 1 heterocycles. The van der Waals surface area contributed by atoms with E-state index < -0.39 is 0 Å². The normalized spacial score (nSPS) is 15.4. The first-order chi connectivity index (χ1) is 8.78. The van der Waals surface area contributed by atoms with Gasteiger partial charge in [-0.15, -0.1) is 11.3 Å². The molecule has 1 aromatic heterocycles. The topological polar surface area (TPSA) is 24.9 Å². The molecule has 2 aromatic rings. The van der Waals surface area contributed by atoms with E-state index in [4.69, 9.17) is 4.98 Å². The number of aryl methyl sites for hydroxylation is 1. The van der Waals surface area contributed by atoms with Gasteiger partial charge in [-0.1, -0.05) is 18.6 Å². The first-order valence-electron chi connectivity index (χ1n) is 6.53. The average molecular weight is 258 g/mol. The number of anilines is 1. The van der Waals surface area contributed by atoms with Crippen molar-refractivity contribution in [1.82, 2.24) is 4.98 Å². The van der Waals surface area contributed by atoms with Crippen molar-refractivity contribution in [3.63, 3.8) is 0 Å². The lowest BCUT2D eigenvalue weighted by molar-refractivity contribution is 0.418. The Hall–Kier alpha value is -1.35. The molecule has 0 bridgehead atoms. The summed E-state index contributed by atoms with van der Waals surface area (Å²) in [6.07, 6.45) is 4.02. The molecule has 0 spiro atoms. The van der Waals surface area contributed by atoms with Crippen molar-refractivity contribution in [3.8, 4) is 10.4 Å². The highest BCUT2D eigenvalue weighted by atomic mass is 32.1. The highest BCUT2D eigenvalue weighted by molar-refractivity contribution is 7.15. The first kappa shape index (κ1) is 11.7. The van der Waals surface area contributed by atoms with Crippen LogP contribution in [0.3, 0.4) is 0 Å². The molecule has 1 N–H and O–H groups in total. The maximum Gasteiger partial charge on any atom is 0.0965 e. The molecule has 0 saturated heterocycles. The van der Waals surface area contributed by atoms with E-state index in [1.54, 1.807) is 0 Å². The van der Waals surface area contributed by atoms with E-state index >= 15 is 0 Å². The van der Waals surface area contributed by atoms with Gasteiger partial charge in [-0.2, -0.15) is 0 Å². The monoisotopic (exact) mass is 258 g/mol. The van der Waals surface area contributed by atoms with E-state index in [2.05, 4.69) is 36.5 Å². The lowest BCUT2D eigenvalue weighted by Crippen LogP contribution is -2.07. The summed E-state index contributed by atoms with van der Waals surface area (Å²) in [5, 5.41) is 4.49. The number of hydrogen-bond acceptors (Lipinski definition) is 3. The molecule has 0 amide bonds. The molecule has 0 radical (unpaired) electrons. The van der Waals surface area contributed by atoms with Gasteiger partial charge in [-0.05, 0) is 37.5 Å². The van der Waals surface area contributed by atoms with E-state index in [0.29, 0.717) is 0 Å². The second-order valence-corrected chi connectivity index (χ2v) is 5.95. The molecule has 94 valence electrons.